The summed E-state index contributed by atoms with van der Waals surface area (Å²) < 4.78 is 41.2. The molecule has 0 aliphatic rings. The number of hydrogen-bond acceptors (Lipinski definition) is 4. The van der Waals surface area contributed by atoms with Crippen molar-refractivity contribution in [1.29, 1.82) is 0 Å². The number of carboxylic acid groups (broad SMARTS) is 1. The molecule has 0 unspecified atom stereocenters. The topological polar surface area (TPSA) is 113 Å². The third-order valence-corrected chi connectivity index (χ3v) is 5.34. The summed E-state index contributed by atoms with van der Waals surface area (Å²) in [5, 5.41) is 21.7. The lowest BCUT2D eigenvalue weighted by molar-refractivity contribution is -0.138. The predicted octanol–water partition coefficient (Wildman–Crippen LogP) is 3.36. The Morgan fingerprint density at radius 1 is 0.971 bits per heavy atom. The predicted molar refractivity (Wildman–Crippen MR) is 119 cm³/mol. The van der Waals surface area contributed by atoms with Crippen molar-refractivity contribution in [1.82, 2.24) is 14.5 Å². The average molecular weight is 485 g/mol. The van der Waals surface area contributed by atoms with Gasteiger partial charge in [-0.15, -0.1) is 0 Å². The van der Waals surface area contributed by atoms with Gasteiger partial charge in [0.1, 0.15) is 17.6 Å². The smallest absolute Gasteiger partial charge is 0.416 e. The van der Waals surface area contributed by atoms with E-state index in [1.165, 1.54) is 16.6 Å². The van der Waals surface area contributed by atoms with Crippen LogP contribution in [0.25, 0.3) is 16.6 Å². The van der Waals surface area contributed by atoms with Gasteiger partial charge in [0.2, 0.25) is 0 Å². The highest BCUT2D eigenvalue weighted by atomic mass is 19.4. The number of benzene rings is 2. The van der Waals surface area contributed by atoms with Crippen molar-refractivity contribution in [2.24, 2.45) is 0 Å². The Kier molecular flexibility index (Phi) is 6.08. The summed E-state index contributed by atoms with van der Waals surface area (Å²) in [6.07, 6.45) is -2.98. The highest BCUT2D eigenvalue weighted by Gasteiger charge is 2.30. The van der Waals surface area contributed by atoms with Crippen molar-refractivity contribution in [3.8, 4) is 16.9 Å². The van der Waals surface area contributed by atoms with Gasteiger partial charge in [0.15, 0.2) is 5.75 Å². The molecule has 1 amide bonds. The van der Waals surface area contributed by atoms with E-state index < -0.39 is 47.0 Å². The lowest BCUT2D eigenvalue weighted by atomic mass is 10.1. The molecule has 0 aliphatic heterocycles. The van der Waals surface area contributed by atoms with Gasteiger partial charge in [-0.2, -0.15) is 13.2 Å². The van der Waals surface area contributed by atoms with E-state index >= 15 is 0 Å². The molecule has 0 saturated heterocycles. The molecule has 0 spiro atoms. The zero-order valence-electron chi connectivity index (χ0n) is 17.9. The summed E-state index contributed by atoms with van der Waals surface area (Å²) >= 11 is 0. The Morgan fingerprint density at radius 2 is 1.63 bits per heavy atom. The van der Waals surface area contributed by atoms with E-state index in [1.54, 1.807) is 36.5 Å². The number of carbonyl (C=O) groups excluding carboxylic acids is 1. The number of nitrogens with one attached hydrogen (secondary N) is 1. The van der Waals surface area contributed by atoms with Gasteiger partial charge in [0, 0.05) is 11.8 Å². The van der Waals surface area contributed by atoms with Gasteiger partial charge < -0.3 is 15.5 Å². The normalized spacial score (nSPS) is 11.5. The second-order valence-electron chi connectivity index (χ2n) is 7.68. The number of rotatable bonds is 6. The monoisotopic (exact) mass is 485 g/mol. The first-order valence-corrected chi connectivity index (χ1v) is 10.3. The van der Waals surface area contributed by atoms with Gasteiger partial charge >= 0.3 is 12.1 Å². The van der Waals surface area contributed by atoms with Crippen molar-refractivity contribution < 1.29 is 33.0 Å². The summed E-state index contributed by atoms with van der Waals surface area (Å²) in [6.45, 7) is -1.01. The number of aliphatic carboxylic acids is 1. The Balaban J connectivity index is 1.87. The summed E-state index contributed by atoms with van der Waals surface area (Å²) in [4.78, 5) is 36.7. The van der Waals surface area contributed by atoms with Crippen LogP contribution in [-0.4, -0.2) is 37.8 Å². The maximum atomic E-state index is 13.3. The van der Waals surface area contributed by atoms with Crippen molar-refractivity contribution >= 4 is 17.4 Å². The van der Waals surface area contributed by atoms with Crippen LogP contribution < -0.4 is 10.9 Å². The number of aromatic nitrogens is 2. The summed E-state index contributed by atoms with van der Waals surface area (Å²) in [6, 6.07) is 14.7. The van der Waals surface area contributed by atoms with Crippen molar-refractivity contribution in [3.05, 3.63) is 93.9 Å². The average Bonchev–Trinajstić information content (AvgIpc) is 3.27. The van der Waals surface area contributed by atoms with Crippen LogP contribution in [0.1, 0.15) is 21.5 Å². The van der Waals surface area contributed by atoms with Crippen LogP contribution in [0.3, 0.4) is 0 Å². The number of hydrogen-bond donors (Lipinski definition) is 3. The first-order chi connectivity index (χ1) is 16.6. The second kappa shape index (κ2) is 9.01. The van der Waals surface area contributed by atoms with Gasteiger partial charge in [0.25, 0.3) is 11.5 Å². The summed E-state index contributed by atoms with van der Waals surface area (Å²) in [7, 11) is 0. The third kappa shape index (κ3) is 4.74. The molecule has 0 aliphatic carbocycles. The van der Waals surface area contributed by atoms with Gasteiger partial charge in [-0.25, -0.2) is 4.68 Å². The second-order valence-corrected chi connectivity index (χ2v) is 7.68. The molecule has 11 heteroatoms. The number of amides is 1. The van der Waals surface area contributed by atoms with Gasteiger partial charge in [0.05, 0.1) is 12.1 Å². The number of fused-ring (bicyclic) bond motifs is 1. The minimum Gasteiger partial charge on any atom is -0.505 e. The van der Waals surface area contributed by atoms with Gasteiger partial charge in [-0.1, -0.05) is 42.5 Å². The maximum Gasteiger partial charge on any atom is 0.416 e. The lowest BCUT2D eigenvalue weighted by Gasteiger charge is -2.15. The molecule has 2 aromatic carbocycles. The van der Waals surface area contributed by atoms with Crippen molar-refractivity contribution in [3.63, 3.8) is 0 Å². The minimum atomic E-state index is -4.53. The van der Waals surface area contributed by atoms with Crippen LogP contribution in [0.5, 0.6) is 5.75 Å². The maximum absolute atomic E-state index is 13.3. The molecule has 3 N–H and O–H groups in total. The van der Waals surface area contributed by atoms with E-state index in [0.29, 0.717) is 11.1 Å². The number of carbonyl (C=O) groups is 2. The fourth-order valence-corrected chi connectivity index (χ4v) is 3.64. The molecular weight excluding hydrogens is 467 g/mol. The highest BCUT2D eigenvalue weighted by molar-refractivity contribution is 6.00. The molecule has 8 nitrogen and oxygen atoms in total. The van der Waals surface area contributed by atoms with Crippen LogP contribution in [0.15, 0.2) is 71.7 Å². The largest absolute Gasteiger partial charge is 0.505 e. The first-order valence-electron chi connectivity index (χ1n) is 10.3. The molecule has 0 atom stereocenters. The lowest BCUT2D eigenvalue weighted by Crippen LogP contribution is -2.37. The number of carboxylic acids is 1. The quantitative estimate of drug-likeness (QED) is 0.388. The third-order valence-electron chi connectivity index (χ3n) is 5.34. The van der Waals surface area contributed by atoms with Crippen LogP contribution in [-0.2, 0) is 17.5 Å². The molecule has 0 bridgehead atoms. The molecule has 4 aromatic rings. The number of aromatic hydroxyl groups is 1. The summed E-state index contributed by atoms with van der Waals surface area (Å²) in [5.74, 6) is -3.09. The molecule has 2 aromatic heterocycles. The van der Waals surface area contributed by atoms with Crippen LogP contribution in [0.2, 0.25) is 0 Å². The number of nitrogens with zero attached hydrogens (tertiary/aromatic N) is 2. The number of halogens is 3. The zero-order chi connectivity index (χ0) is 25.3. The van der Waals surface area contributed by atoms with E-state index in [0.717, 1.165) is 22.4 Å². The van der Waals surface area contributed by atoms with E-state index in [4.69, 9.17) is 5.11 Å². The standard InChI is InChI=1S/C24H18F3N3O5/c25-24(26,27)17-8-6-14(7-9-17)12-30-23(35)20(22(34)28-11-19(31)32)21(33)18-10-16(13-29(18)30)15-4-2-1-3-5-15/h1-10,13,33H,11-12H2,(H,28,34)(H,31,32). The molecule has 35 heavy (non-hydrogen) atoms. The Bertz CT molecular complexity index is 1470. The molecule has 2 heterocycles. The fourth-order valence-electron chi connectivity index (χ4n) is 3.64. The van der Waals surface area contributed by atoms with E-state index in [9.17, 15) is 32.7 Å². The molecule has 180 valence electrons. The molecule has 0 radical (unpaired) electrons. The summed E-state index contributed by atoms with van der Waals surface area (Å²) in [5.41, 5.74) is -0.720. The zero-order valence-corrected chi connectivity index (χ0v) is 17.9. The molecule has 0 fully saturated rings. The van der Waals surface area contributed by atoms with E-state index in [-0.39, 0.29) is 12.1 Å². The minimum absolute atomic E-state index is 0.0795. The van der Waals surface area contributed by atoms with E-state index in [2.05, 4.69) is 5.32 Å². The van der Waals surface area contributed by atoms with Crippen LogP contribution >= 0.6 is 0 Å². The van der Waals surface area contributed by atoms with Gasteiger partial charge in [-0.3, -0.25) is 18.9 Å². The van der Waals surface area contributed by atoms with Gasteiger partial charge in [-0.05, 0) is 29.3 Å². The number of alkyl halides is 3. The van der Waals surface area contributed by atoms with Crippen LogP contribution in [0, 0.1) is 0 Å². The molecule has 0 saturated carbocycles. The Hall–Kier alpha value is -4.54. The fraction of sp³-hybridized carbons (Fsp3) is 0.125. The van der Waals surface area contributed by atoms with Crippen LogP contribution in [0.4, 0.5) is 13.2 Å². The highest BCUT2D eigenvalue weighted by Crippen LogP contribution is 2.30. The van der Waals surface area contributed by atoms with E-state index in [1.807, 2.05) is 6.07 Å². The van der Waals surface area contributed by atoms with Crippen molar-refractivity contribution in [2.75, 3.05) is 6.54 Å². The molecular formula is C24H18F3N3O5. The molecule has 4 rings (SSSR count). The Morgan fingerprint density at radius 3 is 2.23 bits per heavy atom. The SMILES string of the molecule is O=C(O)CNC(=O)c1c(O)c2cc(-c3ccccc3)cn2n(Cc2ccc(C(F)(F)F)cc2)c1=O. The Labute approximate surface area is 195 Å². The first kappa shape index (κ1) is 23.6. The van der Waals surface area contributed by atoms with Crippen molar-refractivity contribution in [2.45, 2.75) is 12.7 Å².